The summed E-state index contributed by atoms with van der Waals surface area (Å²) in [7, 11) is -1.53. The molecule has 6 heteroatoms. The monoisotopic (exact) mass is 444 g/mol. The highest BCUT2D eigenvalue weighted by molar-refractivity contribution is 7.85. The molecule has 0 spiro atoms. The van der Waals surface area contributed by atoms with Gasteiger partial charge in [0.15, 0.2) is 0 Å². The third-order valence-electron chi connectivity index (χ3n) is 6.02. The molecule has 1 fully saturated rings. The largest absolute Gasteiger partial charge is 0.349 e. The zero-order valence-corrected chi connectivity index (χ0v) is 18.9. The SMILES string of the molecule is Cc1ccc(C)c(CN2C(=O)c3ccccc3[S@](=O)c3ccc(C(=O)NC4CC4)cc32)c1. The molecule has 3 aromatic rings. The number of nitrogens with one attached hydrogen (secondary N) is 1. The van der Waals surface area contributed by atoms with Crippen LogP contribution in [0.3, 0.4) is 0 Å². The molecule has 0 saturated heterocycles. The third-order valence-corrected chi connectivity index (χ3v) is 7.52. The Hall–Kier alpha value is -3.25. The van der Waals surface area contributed by atoms with E-state index in [0.29, 0.717) is 33.2 Å². The van der Waals surface area contributed by atoms with Crippen LogP contribution in [-0.2, 0) is 17.3 Å². The molecule has 1 saturated carbocycles. The molecule has 1 atom stereocenters. The number of nitrogens with zero attached hydrogens (tertiary/aromatic N) is 1. The molecule has 162 valence electrons. The summed E-state index contributed by atoms with van der Waals surface area (Å²) in [5.74, 6) is -0.379. The summed E-state index contributed by atoms with van der Waals surface area (Å²) >= 11 is 0. The van der Waals surface area contributed by atoms with Gasteiger partial charge in [0.2, 0.25) is 0 Å². The van der Waals surface area contributed by atoms with Crippen LogP contribution in [-0.4, -0.2) is 22.1 Å². The van der Waals surface area contributed by atoms with Crippen molar-refractivity contribution in [2.75, 3.05) is 4.90 Å². The Morgan fingerprint density at radius 2 is 1.81 bits per heavy atom. The number of fused-ring (bicyclic) bond motifs is 2. The lowest BCUT2D eigenvalue weighted by Gasteiger charge is -2.24. The van der Waals surface area contributed by atoms with E-state index in [-0.39, 0.29) is 17.9 Å². The first-order valence-electron chi connectivity index (χ1n) is 10.8. The van der Waals surface area contributed by atoms with Crippen molar-refractivity contribution in [3.05, 3.63) is 88.5 Å². The summed E-state index contributed by atoms with van der Waals surface area (Å²) in [4.78, 5) is 29.1. The molecule has 3 aromatic carbocycles. The molecule has 2 aliphatic rings. The second kappa shape index (κ2) is 8.02. The molecule has 0 radical (unpaired) electrons. The van der Waals surface area contributed by atoms with Gasteiger partial charge in [-0.25, -0.2) is 4.21 Å². The van der Waals surface area contributed by atoms with Crippen LogP contribution in [0.5, 0.6) is 0 Å². The highest BCUT2D eigenvalue weighted by atomic mass is 32.2. The maximum atomic E-state index is 13.7. The van der Waals surface area contributed by atoms with E-state index in [4.69, 9.17) is 0 Å². The number of hydrogen-bond donors (Lipinski definition) is 1. The Balaban J connectivity index is 1.65. The highest BCUT2D eigenvalue weighted by Crippen LogP contribution is 2.36. The Morgan fingerprint density at radius 1 is 1.03 bits per heavy atom. The molecular formula is C26H24N2O3S. The van der Waals surface area contributed by atoms with Crippen LogP contribution in [0.4, 0.5) is 5.69 Å². The molecule has 1 aliphatic heterocycles. The first kappa shape index (κ1) is 20.6. The van der Waals surface area contributed by atoms with Crippen molar-refractivity contribution in [3.8, 4) is 0 Å². The van der Waals surface area contributed by atoms with Gasteiger partial charge in [0.05, 0.1) is 38.4 Å². The molecule has 1 aliphatic carbocycles. The molecule has 0 aromatic heterocycles. The fourth-order valence-electron chi connectivity index (χ4n) is 4.00. The van der Waals surface area contributed by atoms with E-state index in [0.717, 1.165) is 29.5 Å². The zero-order chi connectivity index (χ0) is 22.4. The van der Waals surface area contributed by atoms with Gasteiger partial charge in [-0.3, -0.25) is 9.59 Å². The lowest BCUT2D eigenvalue weighted by atomic mass is 10.0. The predicted octanol–water partition coefficient (Wildman–Crippen LogP) is 4.52. The predicted molar refractivity (Wildman–Crippen MR) is 124 cm³/mol. The van der Waals surface area contributed by atoms with Gasteiger partial charge < -0.3 is 10.2 Å². The van der Waals surface area contributed by atoms with Crippen LogP contribution >= 0.6 is 0 Å². The second-order valence-electron chi connectivity index (χ2n) is 8.52. The average Bonchev–Trinajstić information content (AvgIpc) is 3.62. The maximum Gasteiger partial charge on any atom is 0.259 e. The fourth-order valence-corrected chi connectivity index (χ4v) is 5.34. The van der Waals surface area contributed by atoms with Gasteiger partial charge in [-0.1, -0.05) is 35.9 Å². The molecule has 1 N–H and O–H groups in total. The molecule has 1 heterocycles. The molecule has 2 amide bonds. The van der Waals surface area contributed by atoms with E-state index >= 15 is 0 Å². The minimum atomic E-state index is -1.53. The molecule has 0 bridgehead atoms. The number of benzene rings is 3. The molecular weight excluding hydrogens is 420 g/mol. The van der Waals surface area contributed by atoms with Crippen LogP contribution in [0.15, 0.2) is 70.5 Å². The van der Waals surface area contributed by atoms with Crippen LogP contribution in [0, 0.1) is 13.8 Å². The Morgan fingerprint density at radius 3 is 2.59 bits per heavy atom. The molecule has 32 heavy (non-hydrogen) atoms. The number of carbonyl (C=O) groups is 2. The maximum absolute atomic E-state index is 13.7. The normalized spacial score (nSPS) is 17.4. The Labute approximate surface area is 189 Å². The van der Waals surface area contributed by atoms with Gasteiger partial charge in [-0.05, 0) is 68.1 Å². The first-order valence-corrected chi connectivity index (χ1v) is 11.9. The lowest BCUT2D eigenvalue weighted by Crippen LogP contribution is -2.31. The topological polar surface area (TPSA) is 66.5 Å². The van der Waals surface area contributed by atoms with Crippen molar-refractivity contribution in [1.29, 1.82) is 0 Å². The first-order chi connectivity index (χ1) is 15.4. The summed E-state index contributed by atoms with van der Waals surface area (Å²) in [6, 6.07) is 18.5. The van der Waals surface area contributed by atoms with E-state index in [1.165, 1.54) is 0 Å². The fraction of sp³-hybridized carbons (Fsp3) is 0.231. The number of amides is 2. The second-order valence-corrected chi connectivity index (χ2v) is 9.93. The standard InChI is InChI=1S/C26H24N2O3S/c1-16-7-8-17(2)19(13-16)15-28-22-14-18(25(29)27-20-10-11-20)9-12-24(22)32(31)23-6-4-3-5-21(23)26(28)30/h3-9,12-14,20H,10-11,15H2,1-2H3,(H,27,29)/t32-/m0/s1. The van der Waals surface area contributed by atoms with Crippen molar-refractivity contribution in [3.63, 3.8) is 0 Å². The van der Waals surface area contributed by atoms with Gasteiger partial charge in [-0.15, -0.1) is 0 Å². The molecule has 0 unspecified atom stereocenters. The van der Waals surface area contributed by atoms with Crippen molar-refractivity contribution in [2.45, 2.75) is 49.1 Å². The number of anilines is 1. The van der Waals surface area contributed by atoms with Gasteiger partial charge in [0.25, 0.3) is 11.8 Å². The number of carbonyl (C=O) groups excluding carboxylic acids is 2. The summed E-state index contributed by atoms with van der Waals surface area (Å²) in [5.41, 5.74) is 4.62. The summed E-state index contributed by atoms with van der Waals surface area (Å²) < 4.78 is 13.5. The highest BCUT2D eigenvalue weighted by Gasteiger charge is 2.32. The minimum Gasteiger partial charge on any atom is -0.349 e. The minimum absolute atomic E-state index is 0.165. The summed E-state index contributed by atoms with van der Waals surface area (Å²) in [6.45, 7) is 4.37. The van der Waals surface area contributed by atoms with Gasteiger partial charge in [0, 0.05) is 11.6 Å². The molecule has 5 nitrogen and oxygen atoms in total. The third kappa shape index (κ3) is 3.75. The molecule has 5 rings (SSSR count). The van der Waals surface area contributed by atoms with Gasteiger partial charge in [0.1, 0.15) is 0 Å². The van der Waals surface area contributed by atoms with E-state index in [1.54, 1.807) is 47.4 Å². The van der Waals surface area contributed by atoms with Crippen molar-refractivity contribution in [2.24, 2.45) is 0 Å². The van der Waals surface area contributed by atoms with Crippen LogP contribution in [0.2, 0.25) is 0 Å². The van der Waals surface area contributed by atoms with E-state index in [2.05, 4.69) is 11.4 Å². The summed E-state index contributed by atoms with van der Waals surface area (Å²) in [5, 5.41) is 3.00. The van der Waals surface area contributed by atoms with Crippen LogP contribution in [0.1, 0.15) is 50.2 Å². The van der Waals surface area contributed by atoms with Crippen LogP contribution in [0.25, 0.3) is 0 Å². The van der Waals surface area contributed by atoms with E-state index < -0.39 is 10.8 Å². The average molecular weight is 445 g/mol. The van der Waals surface area contributed by atoms with Gasteiger partial charge >= 0.3 is 0 Å². The lowest BCUT2D eigenvalue weighted by molar-refractivity contribution is 0.0947. The zero-order valence-electron chi connectivity index (χ0n) is 18.1. The van der Waals surface area contributed by atoms with Crippen molar-refractivity contribution < 1.29 is 13.8 Å². The Kier molecular flexibility index (Phi) is 5.18. The number of rotatable bonds is 4. The van der Waals surface area contributed by atoms with E-state index in [9.17, 15) is 13.8 Å². The van der Waals surface area contributed by atoms with Crippen molar-refractivity contribution in [1.82, 2.24) is 5.32 Å². The van der Waals surface area contributed by atoms with Crippen molar-refractivity contribution >= 4 is 28.3 Å². The number of hydrogen-bond acceptors (Lipinski definition) is 3. The quantitative estimate of drug-likeness (QED) is 0.643. The van der Waals surface area contributed by atoms with Gasteiger partial charge in [-0.2, -0.15) is 0 Å². The summed E-state index contributed by atoms with van der Waals surface area (Å²) in [6.07, 6.45) is 1.99. The Bertz CT molecular complexity index is 1280. The van der Waals surface area contributed by atoms with Crippen LogP contribution < -0.4 is 10.2 Å². The smallest absolute Gasteiger partial charge is 0.259 e. The van der Waals surface area contributed by atoms with E-state index in [1.807, 2.05) is 26.0 Å². The number of aryl methyl sites for hydroxylation is 2.